The first kappa shape index (κ1) is 17.9. The molecule has 0 spiro atoms. The van der Waals surface area contributed by atoms with Crippen LogP contribution in [0.3, 0.4) is 0 Å². The van der Waals surface area contributed by atoms with E-state index >= 15 is 0 Å². The molecule has 1 aromatic carbocycles. The number of likely N-dealkylation sites (tertiary alicyclic amines) is 1. The highest BCUT2D eigenvalue weighted by molar-refractivity contribution is 7.89. The van der Waals surface area contributed by atoms with Gasteiger partial charge in [-0.2, -0.15) is 0 Å². The average molecular weight is 364 g/mol. The number of piperidine rings is 1. The van der Waals surface area contributed by atoms with Gasteiger partial charge >= 0.3 is 0 Å². The number of carbonyl (C=O) groups excluding carboxylic acids is 2. The van der Waals surface area contributed by atoms with Gasteiger partial charge in [-0.25, -0.2) is 12.7 Å². The zero-order valence-electron chi connectivity index (χ0n) is 14.6. The van der Waals surface area contributed by atoms with Crippen LogP contribution < -0.4 is 0 Å². The van der Waals surface area contributed by atoms with Gasteiger partial charge in [0.1, 0.15) is 6.04 Å². The van der Waals surface area contributed by atoms with E-state index in [0.29, 0.717) is 19.0 Å². The van der Waals surface area contributed by atoms with E-state index in [0.717, 1.165) is 22.7 Å². The molecule has 0 saturated carbocycles. The fourth-order valence-electron chi connectivity index (χ4n) is 3.45. The number of hydrogen-bond acceptors (Lipinski definition) is 4. The van der Waals surface area contributed by atoms with Crippen LogP contribution in [0.5, 0.6) is 0 Å². The Hall–Kier alpha value is -1.89. The molecule has 0 radical (unpaired) electrons. The molecule has 0 aliphatic carbocycles. The van der Waals surface area contributed by atoms with Crippen molar-refractivity contribution in [2.45, 2.75) is 50.5 Å². The third kappa shape index (κ3) is 3.42. The van der Waals surface area contributed by atoms with E-state index in [4.69, 9.17) is 0 Å². The van der Waals surface area contributed by atoms with Crippen LogP contribution in [0.1, 0.15) is 38.2 Å². The predicted octanol–water partition coefficient (Wildman–Crippen LogP) is 1.93. The van der Waals surface area contributed by atoms with Crippen LogP contribution in [0.25, 0.3) is 0 Å². The molecule has 2 fully saturated rings. The van der Waals surface area contributed by atoms with Crippen LogP contribution in [0, 0.1) is 12.8 Å². The van der Waals surface area contributed by atoms with Gasteiger partial charge in [0.05, 0.1) is 4.90 Å². The molecule has 6 nitrogen and oxygen atoms in total. The lowest BCUT2D eigenvalue weighted by Crippen LogP contribution is -2.50. The highest BCUT2D eigenvalue weighted by Crippen LogP contribution is 2.29. The van der Waals surface area contributed by atoms with Crippen molar-refractivity contribution in [3.05, 3.63) is 29.8 Å². The number of aryl methyl sites for hydroxylation is 1. The Labute approximate surface area is 148 Å². The molecule has 2 aliphatic rings. The van der Waals surface area contributed by atoms with Crippen LogP contribution in [0.15, 0.2) is 29.2 Å². The van der Waals surface area contributed by atoms with Crippen molar-refractivity contribution in [2.24, 2.45) is 5.92 Å². The van der Waals surface area contributed by atoms with Crippen molar-refractivity contribution in [1.82, 2.24) is 9.21 Å². The summed E-state index contributed by atoms with van der Waals surface area (Å²) in [4.78, 5) is 26.9. The van der Waals surface area contributed by atoms with Crippen LogP contribution in [0.2, 0.25) is 0 Å². The van der Waals surface area contributed by atoms with E-state index < -0.39 is 22.0 Å². The molecule has 0 bridgehead atoms. The third-order valence-corrected chi connectivity index (χ3v) is 6.96. The van der Waals surface area contributed by atoms with Crippen molar-refractivity contribution in [3.63, 3.8) is 0 Å². The van der Waals surface area contributed by atoms with Gasteiger partial charge in [-0.3, -0.25) is 9.59 Å². The van der Waals surface area contributed by atoms with Crippen molar-refractivity contribution < 1.29 is 18.0 Å². The van der Waals surface area contributed by atoms with Crippen molar-refractivity contribution in [1.29, 1.82) is 0 Å². The average Bonchev–Trinajstić information content (AvgIpc) is 2.98. The summed E-state index contributed by atoms with van der Waals surface area (Å²) >= 11 is 0. The van der Waals surface area contributed by atoms with Crippen LogP contribution >= 0.6 is 0 Å². The van der Waals surface area contributed by atoms with Gasteiger partial charge in [-0.1, -0.05) is 24.6 Å². The molecule has 136 valence electrons. The SMILES string of the molecule is Cc1ccc(S(=O)(=O)N2C(=O)CC[C@H]2C(=O)N2CCC(C)CC2)cc1. The van der Waals surface area contributed by atoms with Gasteiger partial charge in [-0.15, -0.1) is 0 Å². The molecule has 0 aromatic heterocycles. The first-order chi connectivity index (χ1) is 11.8. The number of amides is 2. The Morgan fingerprint density at radius 2 is 1.68 bits per heavy atom. The topological polar surface area (TPSA) is 74.8 Å². The molecular formula is C18H24N2O4S. The Morgan fingerprint density at radius 1 is 1.08 bits per heavy atom. The molecule has 0 unspecified atom stereocenters. The van der Waals surface area contributed by atoms with E-state index in [1.165, 1.54) is 12.1 Å². The molecule has 3 rings (SSSR count). The zero-order chi connectivity index (χ0) is 18.2. The first-order valence-corrected chi connectivity index (χ1v) is 10.2. The van der Waals surface area contributed by atoms with E-state index in [9.17, 15) is 18.0 Å². The molecule has 1 atom stereocenters. The smallest absolute Gasteiger partial charge is 0.267 e. The molecule has 2 heterocycles. The Bertz CT molecular complexity index is 765. The molecule has 2 saturated heterocycles. The monoisotopic (exact) mass is 364 g/mol. The van der Waals surface area contributed by atoms with Gasteiger partial charge in [0, 0.05) is 19.5 Å². The number of rotatable bonds is 3. The van der Waals surface area contributed by atoms with Gasteiger partial charge in [0.2, 0.25) is 11.8 Å². The first-order valence-electron chi connectivity index (χ1n) is 8.73. The summed E-state index contributed by atoms with van der Waals surface area (Å²) in [5, 5.41) is 0. The Morgan fingerprint density at radius 3 is 2.28 bits per heavy atom. The Kier molecular flexibility index (Phi) is 4.86. The molecule has 2 amide bonds. The van der Waals surface area contributed by atoms with Crippen molar-refractivity contribution in [2.75, 3.05) is 13.1 Å². The lowest BCUT2D eigenvalue weighted by atomic mass is 9.98. The summed E-state index contributed by atoms with van der Waals surface area (Å²) in [5.41, 5.74) is 0.932. The van der Waals surface area contributed by atoms with Gasteiger partial charge in [-0.05, 0) is 44.2 Å². The lowest BCUT2D eigenvalue weighted by Gasteiger charge is -2.34. The molecule has 1 aromatic rings. The summed E-state index contributed by atoms with van der Waals surface area (Å²) in [5.74, 6) is -0.167. The summed E-state index contributed by atoms with van der Waals surface area (Å²) in [7, 11) is -4.01. The fourth-order valence-corrected chi connectivity index (χ4v) is 5.05. The van der Waals surface area contributed by atoms with Gasteiger partial charge in [0.15, 0.2) is 0 Å². The van der Waals surface area contributed by atoms with E-state index in [2.05, 4.69) is 6.92 Å². The number of sulfonamides is 1. The normalized spacial score (nSPS) is 22.5. The second kappa shape index (κ2) is 6.78. The highest BCUT2D eigenvalue weighted by atomic mass is 32.2. The minimum Gasteiger partial charge on any atom is -0.341 e. The van der Waals surface area contributed by atoms with E-state index in [-0.39, 0.29) is 23.6 Å². The fraction of sp³-hybridized carbons (Fsp3) is 0.556. The number of benzene rings is 1. The molecular weight excluding hydrogens is 340 g/mol. The minimum absolute atomic E-state index is 0.0541. The molecule has 25 heavy (non-hydrogen) atoms. The largest absolute Gasteiger partial charge is 0.341 e. The van der Waals surface area contributed by atoms with Gasteiger partial charge < -0.3 is 4.90 Å². The quantitative estimate of drug-likeness (QED) is 0.821. The maximum Gasteiger partial charge on any atom is 0.267 e. The standard InChI is InChI=1S/C18H24N2O4S/c1-13-3-5-15(6-4-13)25(23,24)20-16(7-8-17(20)21)18(22)19-11-9-14(2)10-12-19/h3-6,14,16H,7-12H2,1-2H3/t16-/m0/s1. The summed E-state index contributed by atoms with van der Waals surface area (Å²) in [6, 6.07) is 5.44. The van der Waals surface area contributed by atoms with Crippen molar-refractivity contribution in [3.8, 4) is 0 Å². The molecule has 0 N–H and O–H groups in total. The summed E-state index contributed by atoms with van der Waals surface area (Å²) < 4.78 is 26.7. The zero-order valence-corrected chi connectivity index (χ0v) is 15.5. The Balaban J connectivity index is 1.86. The van der Waals surface area contributed by atoms with Crippen LogP contribution in [-0.4, -0.2) is 48.6 Å². The highest BCUT2D eigenvalue weighted by Gasteiger charge is 2.45. The maximum atomic E-state index is 12.9. The second-order valence-corrected chi connectivity index (χ2v) is 8.88. The third-order valence-electron chi connectivity index (χ3n) is 5.12. The predicted molar refractivity (Wildman–Crippen MR) is 93.2 cm³/mol. The van der Waals surface area contributed by atoms with E-state index in [1.54, 1.807) is 17.0 Å². The molecule has 7 heteroatoms. The number of carbonyl (C=O) groups is 2. The van der Waals surface area contributed by atoms with E-state index in [1.807, 2.05) is 6.92 Å². The minimum atomic E-state index is -4.01. The van der Waals surface area contributed by atoms with Crippen molar-refractivity contribution >= 4 is 21.8 Å². The summed E-state index contributed by atoms with van der Waals surface area (Å²) in [6.45, 7) is 5.27. The van der Waals surface area contributed by atoms with Crippen LogP contribution in [-0.2, 0) is 19.6 Å². The van der Waals surface area contributed by atoms with Gasteiger partial charge in [0.25, 0.3) is 10.0 Å². The maximum absolute atomic E-state index is 12.9. The number of nitrogens with zero attached hydrogens (tertiary/aromatic N) is 2. The van der Waals surface area contributed by atoms with Crippen LogP contribution in [0.4, 0.5) is 0 Å². The second-order valence-electron chi connectivity index (χ2n) is 7.07. The summed E-state index contributed by atoms with van der Waals surface area (Å²) in [6.07, 6.45) is 2.18. The lowest BCUT2D eigenvalue weighted by molar-refractivity contribution is -0.138. The molecule has 2 aliphatic heterocycles. The number of hydrogen-bond donors (Lipinski definition) is 0.